The lowest BCUT2D eigenvalue weighted by Gasteiger charge is -2.22. The second-order valence-electron chi connectivity index (χ2n) is 7.41. The Labute approximate surface area is 169 Å². The smallest absolute Gasteiger partial charge is 0.266 e. The van der Waals surface area contributed by atoms with Crippen LogP contribution in [0.5, 0.6) is 0 Å². The van der Waals surface area contributed by atoms with Gasteiger partial charge in [-0.05, 0) is 62.4 Å². The first kappa shape index (κ1) is 19.6. The monoisotopic (exact) mass is 424 g/mol. The lowest BCUT2D eigenvalue weighted by atomic mass is 9.98. The van der Waals surface area contributed by atoms with Crippen molar-refractivity contribution in [2.45, 2.75) is 43.5 Å². The number of nitrogens with one attached hydrogen (secondary N) is 2. The van der Waals surface area contributed by atoms with E-state index in [4.69, 9.17) is 0 Å². The van der Waals surface area contributed by atoms with Gasteiger partial charge in [0, 0.05) is 29.9 Å². The lowest BCUT2D eigenvalue weighted by Crippen LogP contribution is -2.29. The highest BCUT2D eigenvalue weighted by atomic mass is 32.2. The molecule has 4 rings (SSSR count). The number of aryl methyl sites for hydroxylation is 1. The van der Waals surface area contributed by atoms with E-state index in [9.17, 15) is 12.8 Å². The largest absolute Gasteiger partial charge is 0.384 e. The fourth-order valence-electron chi connectivity index (χ4n) is 4.37. The number of anilines is 2. The molecular formula is C19H25FN4O2S2. The van der Waals surface area contributed by atoms with E-state index in [0.29, 0.717) is 24.1 Å². The second kappa shape index (κ2) is 7.96. The number of aromatic nitrogens is 1. The van der Waals surface area contributed by atoms with Gasteiger partial charge in [0.15, 0.2) is 5.13 Å². The Morgan fingerprint density at radius 2 is 2.18 bits per heavy atom. The Hall–Kier alpha value is -1.71. The van der Waals surface area contributed by atoms with Gasteiger partial charge in [0.1, 0.15) is 10.7 Å². The van der Waals surface area contributed by atoms with Gasteiger partial charge < -0.3 is 10.2 Å². The number of hydrogen-bond donors (Lipinski definition) is 2. The molecule has 6 nitrogen and oxygen atoms in total. The zero-order chi connectivity index (χ0) is 19.7. The van der Waals surface area contributed by atoms with E-state index in [1.807, 2.05) is 6.92 Å². The quantitative estimate of drug-likeness (QED) is 0.711. The molecule has 0 aliphatic carbocycles. The van der Waals surface area contributed by atoms with Gasteiger partial charge in [-0.2, -0.15) is 0 Å². The van der Waals surface area contributed by atoms with Crippen LogP contribution in [0.1, 0.15) is 31.7 Å². The molecule has 2 atom stereocenters. The van der Waals surface area contributed by atoms with Crippen LogP contribution < -0.4 is 10.0 Å². The molecule has 2 fully saturated rings. The van der Waals surface area contributed by atoms with Crippen LogP contribution in [0.4, 0.5) is 15.2 Å². The van der Waals surface area contributed by atoms with Crippen molar-refractivity contribution in [1.29, 1.82) is 0 Å². The highest BCUT2D eigenvalue weighted by Gasteiger charge is 2.36. The Morgan fingerprint density at radius 1 is 1.32 bits per heavy atom. The van der Waals surface area contributed by atoms with E-state index in [2.05, 4.69) is 19.9 Å². The molecule has 3 heterocycles. The van der Waals surface area contributed by atoms with Gasteiger partial charge >= 0.3 is 0 Å². The molecule has 2 N–H and O–H groups in total. The molecule has 1 unspecified atom stereocenters. The standard InChI is InChI=1S/C19H25FN4O2S2/c1-2-13-10-18(28(25,26)23-19-21-6-9-27-19)15(20)11-16(13)22-12-14-5-8-24-7-3-4-17(14)24/h6,9-11,14,17,22H,2-5,7-8,12H2,1H3,(H,21,23)/t14-,17?/m0/s1. The summed E-state index contributed by atoms with van der Waals surface area (Å²) in [6.07, 6.45) is 5.77. The zero-order valence-electron chi connectivity index (χ0n) is 15.8. The SMILES string of the molecule is CCc1cc(S(=O)(=O)Nc2nccs2)c(F)cc1NC[C@@H]1CCN2CCCC12. The molecule has 0 bridgehead atoms. The molecule has 2 saturated heterocycles. The van der Waals surface area contributed by atoms with E-state index in [0.717, 1.165) is 36.4 Å². The van der Waals surface area contributed by atoms with Crippen LogP contribution in [-0.2, 0) is 16.4 Å². The third-order valence-corrected chi connectivity index (χ3v) is 7.95. The fourth-order valence-corrected chi connectivity index (χ4v) is 6.27. The molecule has 152 valence electrons. The predicted octanol–water partition coefficient (Wildman–Crippen LogP) is 3.54. The van der Waals surface area contributed by atoms with Crippen LogP contribution in [0.15, 0.2) is 28.6 Å². The van der Waals surface area contributed by atoms with E-state index in [1.54, 1.807) is 5.38 Å². The number of halogens is 1. The maximum Gasteiger partial charge on any atom is 0.266 e. The van der Waals surface area contributed by atoms with Gasteiger partial charge in [-0.15, -0.1) is 11.3 Å². The topological polar surface area (TPSA) is 74.3 Å². The minimum absolute atomic E-state index is 0.224. The van der Waals surface area contributed by atoms with Gasteiger partial charge in [-0.25, -0.2) is 17.8 Å². The van der Waals surface area contributed by atoms with E-state index in [1.165, 1.54) is 37.7 Å². The summed E-state index contributed by atoms with van der Waals surface area (Å²) in [6, 6.07) is 3.38. The molecule has 9 heteroatoms. The third kappa shape index (κ3) is 3.88. The summed E-state index contributed by atoms with van der Waals surface area (Å²) in [6.45, 7) is 5.06. The van der Waals surface area contributed by atoms with Crippen molar-refractivity contribution >= 4 is 32.2 Å². The number of sulfonamides is 1. The molecule has 0 spiro atoms. The molecule has 0 radical (unpaired) electrons. The number of hydrogen-bond acceptors (Lipinski definition) is 6. The zero-order valence-corrected chi connectivity index (χ0v) is 17.5. The van der Waals surface area contributed by atoms with Crippen LogP contribution in [0.2, 0.25) is 0 Å². The summed E-state index contributed by atoms with van der Waals surface area (Å²) in [5.41, 5.74) is 1.48. The highest BCUT2D eigenvalue weighted by Crippen LogP contribution is 2.33. The van der Waals surface area contributed by atoms with Crippen LogP contribution in [0.25, 0.3) is 0 Å². The number of fused-ring (bicyclic) bond motifs is 1. The first-order chi connectivity index (χ1) is 13.5. The van der Waals surface area contributed by atoms with Gasteiger partial charge in [-0.1, -0.05) is 6.92 Å². The van der Waals surface area contributed by atoms with Crippen molar-refractivity contribution in [3.05, 3.63) is 35.1 Å². The highest BCUT2D eigenvalue weighted by molar-refractivity contribution is 7.93. The van der Waals surface area contributed by atoms with E-state index in [-0.39, 0.29) is 10.0 Å². The summed E-state index contributed by atoms with van der Waals surface area (Å²) in [5.74, 6) is -0.192. The van der Waals surface area contributed by atoms with Crippen molar-refractivity contribution < 1.29 is 12.8 Å². The second-order valence-corrected chi connectivity index (χ2v) is 9.96. The average Bonchev–Trinajstić information content (AvgIpc) is 3.38. The van der Waals surface area contributed by atoms with E-state index >= 15 is 0 Å². The fraction of sp³-hybridized carbons (Fsp3) is 0.526. The summed E-state index contributed by atoms with van der Waals surface area (Å²) >= 11 is 1.15. The number of thiazole rings is 1. The first-order valence-corrected chi connectivity index (χ1v) is 12.1. The Balaban J connectivity index is 1.52. The van der Waals surface area contributed by atoms with Crippen molar-refractivity contribution in [2.24, 2.45) is 5.92 Å². The molecular weight excluding hydrogens is 399 g/mol. The molecule has 2 aromatic rings. The summed E-state index contributed by atoms with van der Waals surface area (Å²) in [7, 11) is -4.02. The van der Waals surface area contributed by atoms with Crippen LogP contribution in [0, 0.1) is 11.7 Å². The minimum Gasteiger partial charge on any atom is -0.384 e. The average molecular weight is 425 g/mol. The van der Waals surface area contributed by atoms with Crippen LogP contribution in [-0.4, -0.2) is 44.0 Å². The number of nitrogens with zero attached hydrogens (tertiary/aromatic N) is 2. The Bertz CT molecular complexity index is 934. The van der Waals surface area contributed by atoms with Gasteiger partial charge in [-0.3, -0.25) is 4.72 Å². The Morgan fingerprint density at radius 3 is 2.93 bits per heavy atom. The number of benzene rings is 1. The minimum atomic E-state index is -4.02. The first-order valence-electron chi connectivity index (χ1n) is 9.70. The molecule has 2 aliphatic rings. The van der Waals surface area contributed by atoms with Crippen LogP contribution in [0.3, 0.4) is 0 Å². The molecule has 0 amide bonds. The molecule has 2 aliphatic heterocycles. The third-order valence-electron chi connectivity index (χ3n) is 5.78. The van der Waals surface area contributed by atoms with Gasteiger partial charge in [0.25, 0.3) is 10.0 Å². The van der Waals surface area contributed by atoms with Crippen molar-refractivity contribution in [2.75, 3.05) is 29.7 Å². The molecule has 1 aromatic carbocycles. The van der Waals surface area contributed by atoms with E-state index < -0.39 is 15.8 Å². The Kier molecular flexibility index (Phi) is 5.57. The molecule has 0 saturated carbocycles. The van der Waals surface area contributed by atoms with Crippen molar-refractivity contribution in [3.8, 4) is 0 Å². The summed E-state index contributed by atoms with van der Waals surface area (Å²) in [5, 5.41) is 5.28. The normalized spacial score (nSPS) is 22.4. The summed E-state index contributed by atoms with van der Waals surface area (Å²) in [4.78, 5) is 6.12. The molecule has 28 heavy (non-hydrogen) atoms. The number of rotatable bonds is 7. The molecule has 1 aromatic heterocycles. The van der Waals surface area contributed by atoms with Crippen molar-refractivity contribution in [3.63, 3.8) is 0 Å². The predicted molar refractivity (Wildman–Crippen MR) is 110 cm³/mol. The maximum atomic E-state index is 14.7. The van der Waals surface area contributed by atoms with Gasteiger partial charge in [0.2, 0.25) is 0 Å². The summed E-state index contributed by atoms with van der Waals surface area (Å²) < 4.78 is 42.2. The van der Waals surface area contributed by atoms with Gasteiger partial charge in [0.05, 0.1) is 0 Å². The van der Waals surface area contributed by atoms with Crippen molar-refractivity contribution in [1.82, 2.24) is 9.88 Å². The maximum absolute atomic E-state index is 14.7. The van der Waals surface area contributed by atoms with Crippen LogP contribution >= 0.6 is 11.3 Å². The lowest BCUT2D eigenvalue weighted by molar-refractivity contribution is 0.295.